The molecule has 112 valence electrons. The molecule has 1 amide bonds. The van der Waals surface area contributed by atoms with Crippen LogP contribution in [0.25, 0.3) is 0 Å². The molecule has 6 heteroatoms. The number of thiazole rings is 1. The molecule has 21 heavy (non-hydrogen) atoms. The summed E-state index contributed by atoms with van der Waals surface area (Å²) in [6, 6.07) is 8.31. The Bertz CT molecular complexity index is 629. The van der Waals surface area contributed by atoms with Crippen molar-refractivity contribution in [3.63, 3.8) is 0 Å². The fourth-order valence-corrected chi connectivity index (χ4v) is 3.27. The quantitative estimate of drug-likeness (QED) is 0.942. The maximum absolute atomic E-state index is 12.5. The molecule has 0 radical (unpaired) electrons. The molecule has 2 aromatic rings. The molecule has 0 aliphatic carbocycles. The summed E-state index contributed by atoms with van der Waals surface area (Å²) in [4.78, 5) is 18.7. The summed E-state index contributed by atoms with van der Waals surface area (Å²) in [6.07, 6.45) is 1.66. The minimum atomic E-state index is 0. The minimum Gasteiger partial charge on any atom is -0.333 e. The van der Waals surface area contributed by atoms with Crippen LogP contribution in [0.3, 0.4) is 0 Å². The first-order chi connectivity index (χ1) is 9.78. The van der Waals surface area contributed by atoms with E-state index in [9.17, 15) is 4.79 Å². The lowest BCUT2D eigenvalue weighted by Gasteiger charge is -2.28. The van der Waals surface area contributed by atoms with Gasteiger partial charge in [-0.25, -0.2) is 4.98 Å². The second-order valence-corrected chi connectivity index (χ2v) is 5.85. The lowest BCUT2D eigenvalue weighted by Crippen LogP contribution is -2.36. The van der Waals surface area contributed by atoms with Crippen molar-refractivity contribution in [1.29, 1.82) is 0 Å². The van der Waals surface area contributed by atoms with Gasteiger partial charge in [0.15, 0.2) is 0 Å². The predicted molar refractivity (Wildman–Crippen MR) is 87.0 cm³/mol. The summed E-state index contributed by atoms with van der Waals surface area (Å²) in [5.41, 5.74) is 8.65. The highest BCUT2D eigenvalue weighted by Crippen LogP contribution is 2.21. The van der Waals surface area contributed by atoms with E-state index in [2.05, 4.69) is 23.2 Å². The zero-order valence-electron chi connectivity index (χ0n) is 11.6. The first-order valence-corrected chi connectivity index (χ1v) is 7.66. The van der Waals surface area contributed by atoms with Gasteiger partial charge in [-0.1, -0.05) is 24.3 Å². The molecule has 1 aliphatic rings. The molecule has 0 fully saturated rings. The van der Waals surface area contributed by atoms with Gasteiger partial charge in [-0.05, 0) is 24.1 Å². The van der Waals surface area contributed by atoms with E-state index in [1.54, 1.807) is 0 Å². The van der Waals surface area contributed by atoms with Crippen LogP contribution in [0, 0.1) is 0 Å². The number of aromatic nitrogens is 1. The van der Waals surface area contributed by atoms with Gasteiger partial charge >= 0.3 is 0 Å². The lowest BCUT2D eigenvalue weighted by atomic mass is 10.00. The molecule has 0 bridgehead atoms. The second-order valence-electron chi connectivity index (χ2n) is 4.91. The highest BCUT2D eigenvalue weighted by molar-refractivity contribution is 7.09. The molecule has 4 nitrogen and oxygen atoms in total. The van der Waals surface area contributed by atoms with E-state index < -0.39 is 0 Å². The lowest BCUT2D eigenvalue weighted by molar-refractivity contribution is 0.0729. The summed E-state index contributed by atoms with van der Waals surface area (Å²) in [7, 11) is 0. The monoisotopic (exact) mass is 323 g/mol. The Balaban J connectivity index is 0.00000161. The predicted octanol–water partition coefficient (Wildman–Crippen LogP) is 2.26. The Morgan fingerprint density at radius 1 is 1.33 bits per heavy atom. The minimum absolute atomic E-state index is 0. The summed E-state index contributed by atoms with van der Waals surface area (Å²) in [6.45, 7) is 2.01. The van der Waals surface area contributed by atoms with Crippen LogP contribution < -0.4 is 5.73 Å². The van der Waals surface area contributed by atoms with Gasteiger partial charge in [-0.2, -0.15) is 0 Å². The number of hydrogen-bond donors (Lipinski definition) is 1. The van der Waals surface area contributed by atoms with E-state index in [0.29, 0.717) is 18.8 Å². The van der Waals surface area contributed by atoms with Crippen LogP contribution in [0.4, 0.5) is 0 Å². The van der Waals surface area contributed by atoms with Crippen molar-refractivity contribution in [2.24, 2.45) is 5.73 Å². The van der Waals surface area contributed by atoms with Crippen molar-refractivity contribution < 1.29 is 4.79 Å². The number of carbonyl (C=O) groups is 1. The molecule has 1 aromatic carbocycles. The van der Waals surface area contributed by atoms with E-state index in [-0.39, 0.29) is 18.3 Å². The normalized spacial score (nSPS) is 13.5. The average Bonchev–Trinajstić information content (AvgIpc) is 2.95. The summed E-state index contributed by atoms with van der Waals surface area (Å²) in [5.74, 6) is 0.0269. The van der Waals surface area contributed by atoms with Gasteiger partial charge in [-0.15, -0.1) is 23.7 Å². The van der Waals surface area contributed by atoms with Crippen molar-refractivity contribution in [3.8, 4) is 0 Å². The number of hydrogen-bond acceptors (Lipinski definition) is 4. The fraction of sp³-hybridized carbons (Fsp3) is 0.333. The van der Waals surface area contributed by atoms with Crippen molar-refractivity contribution in [2.75, 3.05) is 13.1 Å². The second kappa shape index (κ2) is 7.02. The van der Waals surface area contributed by atoms with Crippen LogP contribution in [-0.4, -0.2) is 28.9 Å². The average molecular weight is 324 g/mol. The van der Waals surface area contributed by atoms with Crippen molar-refractivity contribution in [2.45, 2.75) is 19.4 Å². The van der Waals surface area contributed by atoms with Crippen LogP contribution in [0.15, 0.2) is 29.6 Å². The molecule has 0 saturated heterocycles. The summed E-state index contributed by atoms with van der Waals surface area (Å²) >= 11 is 1.51. The third-order valence-electron chi connectivity index (χ3n) is 3.55. The van der Waals surface area contributed by atoms with Gasteiger partial charge in [0.05, 0.1) is 5.01 Å². The van der Waals surface area contributed by atoms with Crippen LogP contribution in [0.5, 0.6) is 0 Å². The van der Waals surface area contributed by atoms with E-state index in [1.807, 2.05) is 16.3 Å². The molecule has 3 rings (SSSR count). The topological polar surface area (TPSA) is 59.2 Å². The molecule has 1 aliphatic heterocycles. The number of benzene rings is 1. The third-order valence-corrected chi connectivity index (χ3v) is 4.46. The smallest absolute Gasteiger partial charge is 0.273 e. The Morgan fingerprint density at radius 2 is 2.10 bits per heavy atom. The van der Waals surface area contributed by atoms with Gasteiger partial charge < -0.3 is 10.6 Å². The van der Waals surface area contributed by atoms with E-state index in [0.717, 1.165) is 24.4 Å². The largest absolute Gasteiger partial charge is 0.333 e. The number of rotatable bonds is 3. The molecule has 0 atom stereocenters. The maximum Gasteiger partial charge on any atom is 0.273 e. The highest BCUT2D eigenvalue weighted by atomic mass is 35.5. The molecule has 1 aromatic heterocycles. The first-order valence-electron chi connectivity index (χ1n) is 6.78. The molecule has 2 N–H and O–H groups in total. The van der Waals surface area contributed by atoms with Gasteiger partial charge in [0, 0.05) is 24.9 Å². The summed E-state index contributed by atoms with van der Waals surface area (Å²) < 4.78 is 0. The Morgan fingerprint density at radius 3 is 2.86 bits per heavy atom. The molecule has 0 unspecified atom stereocenters. The van der Waals surface area contributed by atoms with Crippen molar-refractivity contribution in [1.82, 2.24) is 9.88 Å². The third kappa shape index (κ3) is 3.43. The SMILES string of the molecule is Cl.NCCc1nc(C(=O)N2CCc3ccccc3C2)cs1. The van der Waals surface area contributed by atoms with Crippen LogP contribution in [-0.2, 0) is 19.4 Å². The molecule has 2 heterocycles. The van der Waals surface area contributed by atoms with Crippen molar-refractivity contribution >= 4 is 29.7 Å². The number of fused-ring (bicyclic) bond motifs is 1. The maximum atomic E-state index is 12.5. The van der Waals surface area contributed by atoms with Crippen molar-refractivity contribution in [3.05, 3.63) is 51.5 Å². The highest BCUT2D eigenvalue weighted by Gasteiger charge is 2.23. The van der Waals surface area contributed by atoms with E-state index in [1.165, 1.54) is 22.5 Å². The number of amides is 1. The van der Waals surface area contributed by atoms with Gasteiger partial charge in [0.1, 0.15) is 5.69 Å². The number of carbonyl (C=O) groups excluding carboxylic acids is 1. The molecule has 0 saturated carbocycles. The van der Waals surface area contributed by atoms with Gasteiger partial charge in [0.2, 0.25) is 0 Å². The Kier molecular flexibility index (Phi) is 5.33. The Labute approximate surface area is 134 Å². The number of halogens is 1. The molecule has 0 spiro atoms. The standard InChI is InChI=1S/C15H17N3OS.ClH/c16-7-5-14-17-13(10-20-14)15(19)18-8-6-11-3-1-2-4-12(11)9-18;/h1-4,10H,5-9,16H2;1H. The van der Waals surface area contributed by atoms with Gasteiger partial charge in [-0.3, -0.25) is 4.79 Å². The number of nitrogens with two attached hydrogens (primary N) is 1. The van der Waals surface area contributed by atoms with E-state index in [4.69, 9.17) is 5.73 Å². The van der Waals surface area contributed by atoms with Crippen LogP contribution in [0.2, 0.25) is 0 Å². The van der Waals surface area contributed by atoms with E-state index >= 15 is 0 Å². The molecular weight excluding hydrogens is 306 g/mol. The Hall–Kier alpha value is -1.43. The van der Waals surface area contributed by atoms with Crippen LogP contribution >= 0.6 is 23.7 Å². The van der Waals surface area contributed by atoms with Gasteiger partial charge in [0.25, 0.3) is 5.91 Å². The zero-order valence-corrected chi connectivity index (χ0v) is 13.3. The first kappa shape index (κ1) is 15.9. The molecular formula is C15H18ClN3OS. The number of nitrogens with zero attached hydrogens (tertiary/aromatic N) is 2. The fourth-order valence-electron chi connectivity index (χ4n) is 2.48. The van der Waals surface area contributed by atoms with Crippen LogP contribution in [0.1, 0.15) is 26.6 Å². The zero-order chi connectivity index (χ0) is 13.9. The summed E-state index contributed by atoms with van der Waals surface area (Å²) in [5, 5.41) is 2.78.